The summed E-state index contributed by atoms with van der Waals surface area (Å²) in [5.41, 5.74) is 11.2. The van der Waals surface area contributed by atoms with Crippen LogP contribution in [0.3, 0.4) is 0 Å². The van der Waals surface area contributed by atoms with Crippen LogP contribution < -0.4 is 25.6 Å². The van der Waals surface area contributed by atoms with E-state index in [0.717, 1.165) is 92.3 Å². The highest BCUT2D eigenvalue weighted by atomic mass is 32.1. The van der Waals surface area contributed by atoms with Crippen molar-refractivity contribution in [3.8, 4) is 27.4 Å². The van der Waals surface area contributed by atoms with Gasteiger partial charge >= 0.3 is 0 Å². The Kier molecular flexibility index (Phi) is 18.4. The topological polar surface area (TPSA) is 226 Å². The van der Waals surface area contributed by atoms with Gasteiger partial charge in [-0.25, -0.2) is 15.0 Å². The van der Waals surface area contributed by atoms with Crippen LogP contribution in [0, 0.1) is 31.6 Å². The zero-order valence-electron chi connectivity index (χ0n) is 50.7. The van der Waals surface area contributed by atoms with E-state index in [0.29, 0.717) is 79.0 Å². The molecule has 5 aromatic heterocycles. The van der Waals surface area contributed by atoms with Crippen LogP contribution in [0.2, 0.25) is 0 Å². The third kappa shape index (κ3) is 13.4. The first kappa shape index (κ1) is 60.4. The number of anilines is 2. The Morgan fingerprint density at radius 3 is 2.44 bits per heavy atom. The number of nitrogens with one attached hydrogen (secondary N) is 3. The van der Waals surface area contributed by atoms with Gasteiger partial charge in [0.05, 0.1) is 51.2 Å². The first-order chi connectivity index (χ1) is 42.7. The number of hydrogen-bond acceptors (Lipinski definition) is 16. The number of β-amino-alcohol motifs (C(OH)–C–C–N with tert-alkyl or cyclic N) is 1. The highest BCUT2D eigenvalue weighted by Gasteiger charge is 2.44. The van der Waals surface area contributed by atoms with Gasteiger partial charge < -0.3 is 39.7 Å². The molecule has 460 valence electrons. The number of benzene rings is 3. The average molecular weight is 1230 g/mol. The molecule has 21 heteroatoms. The molecule has 2 saturated heterocycles. The maximum absolute atomic E-state index is 14.6. The lowest BCUT2D eigenvalue weighted by Crippen LogP contribution is -2.48. The van der Waals surface area contributed by atoms with Crippen LogP contribution in [0.1, 0.15) is 139 Å². The molecule has 1 aliphatic carbocycles. The number of amides is 4. The summed E-state index contributed by atoms with van der Waals surface area (Å²) in [5, 5.41) is 29.8. The molecule has 4 amide bonds. The summed E-state index contributed by atoms with van der Waals surface area (Å²) in [4.78, 5) is 78.1. The van der Waals surface area contributed by atoms with Crippen LogP contribution in [-0.2, 0) is 29.1 Å². The van der Waals surface area contributed by atoms with Crippen molar-refractivity contribution < 1.29 is 33.5 Å². The van der Waals surface area contributed by atoms with Crippen molar-refractivity contribution in [2.45, 2.75) is 130 Å². The molecule has 3 aromatic carbocycles. The molecule has 0 unspecified atom stereocenters. The average Bonchev–Trinajstić information content (AvgIpc) is 4.28. The lowest BCUT2D eigenvalue weighted by atomic mass is 9.89. The molecular weight excluding hydrogens is 1150 g/mol. The summed E-state index contributed by atoms with van der Waals surface area (Å²) < 4.78 is 15.1. The molecular formula is C67H78N12O7S2. The second-order valence-corrected chi connectivity index (χ2v) is 26.5. The number of nitrogens with zero attached hydrogens (tertiary/aromatic N) is 9. The number of hydrogen-bond donors (Lipinski definition) is 4. The van der Waals surface area contributed by atoms with Gasteiger partial charge in [0.25, 0.3) is 17.7 Å². The second kappa shape index (κ2) is 26.9. The van der Waals surface area contributed by atoms with Crippen molar-refractivity contribution in [1.82, 2.24) is 50.3 Å². The van der Waals surface area contributed by atoms with Crippen LogP contribution in [0.4, 0.5) is 10.9 Å². The standard InChI is InChI=1S/C67H78N12O7S2/c1-40(2)60(66(84)78-36-49(80)32-55(78)64(82)71-41(3)46-18-20-48(21-19-46)62-42(4)69-39-87-62)56-33-59(75-86-56)85-38-45-24-28-76(29-25-45)31-27-68-65(83)61-50(52-34-70-79(43(52)5)35-44-12-7-6-8-13-44)22-23-58(73-61)77-30-26-47-14-11-15-51(53(47)37-77)63(81)74-67-72-54-16-9-10-17-57(54)88-67/h9-11,14-23,33-34,39-41,44-45,49,55,60,80H,6-8,12-13,24-32,35-38H2,1-5H3,(H,68,83)(H,71,82)(H,72,74,81)/t41-,49+,55-,60-/m0/s1. The molecule has 8 heterocycles. The maximum Gasteiger partial charge on any atom is 0.270 e. The lowest BCUT2D eigenvalue weighted by Gasteiger charge is -2.32. The number of piperidine rings is 1. The molecule has 0 bridgehead atoms. The van der Waals surface area contributed by atoms with Crippen molar-refractivity contribution in [3.63, 3.8) is 0 Å². The van der Waals surface area contributed by atoms with Crippen molar-refractivity contribution in [2.24, 2.45) is 17.8 Å². The molecule has 0 spiro atoms. The van der Waals surface area contributed by atoms with Crippen LogP contribution in [0.15, 0.2) is 101 Å². The summed E-state index contributed by atoms with van der Waals surface area (Å²) in [5.74, 6) is 0.0911. The number of carbonyl (C=O) groups excluding carboxylic acids is 4. The van der Waals surface area contributed by atoms with E-state index >= 15 is 0 Å². The lowest BCUT2D eigenvalue weighted by molar-refractivity contribution is -0.141. The molecule has 4 aliphatic rings. The van der Waals surface area contributed by atoms with E-state index in [4.69, 9.17) is 19.3 Å². The zero-order valence-corrected chi connectivity index (χ0v) is 52.4. The molecule has 19 nitrogen and oxygen atoms in total. The number of pyridine rings is 1. The van der Waals surface area contributed by atoms with Gasteiger partial charge in [0.1, 0.15) is 23.5 Å². The molecule has 4 atom stereocenters. The van der Waals surface area contributed by atoms with Crippen molar-refractivity contribution >= 4 is 67.5 Å². The van der Waals surface area contributed by atoms with Crippen LogP contribution in [-0.4, -0.2) is 126 Å². The first-order valence-electron chi connectivity index (χ1n) is 31.2. The Morgan fingerprint density at radius 1 is 0.864 bits per heavy atom. The van der Waals surface area contributed by atoms with E-state index < -0.39 is 18.1 Å². The monoisotopic (exact) mass is 1230 g/mol. The Bertz CT molecular complexity index is 3750. The third-order valence-corrected chi connectivity index (χ3v) is 20.2. The fourth-order valence-corrected chi connectivity index (χ4v) is 14.9. The van der Waals surface area contributed by atoms with Crippen molar-refractivity contribution in [1.29, 1.82) is 0 Å². The number of aliphatic hydroxyl groups is 1. The van der Waals surface area contributed by atoms with Crippen LogP contribution in [0.5, 0.6) is 5.88 Å². The number of fused-ring (bicyclic) bond motifs is 2. The number of aromatic nitrogens is 6. The summed E-state index contributed by atoms with van der Waals surface area (Å²) in [6.07, 6.45) is 9.83. The number of carbonyl (C=O) groups is 4. The van der Waals surface area contributed by atoms with Gasteiger partial charge in [0.2, 0.25) is 11.8 Å². The SMILES string of the molecule is Cc1ncsc1-c1ccc([C@H](C)NC(=O)[C@@H]2C[C@@H](O)CN2C(=O)[C@H](c2cc(OCC3CCN(CCNC(=O)c4nc(N5CCc6cccc(C(=O)Nc7nc8ccccc8s7)c6C5)ccc4-c4cnn(CC5CCCCC5)c4C)CC3)no2)C(C)C)cc1. The fourth-order valence-electron chi connectivity index (χ4n) is 13.2. The first-order valence-corrected chi connectivity index (χ1v) is 32.9. The number of ether oxygens (including phenoxy) is 1. The number of thiazole rings is 2. The minimum absolute atomic E-state index is 0.0353. The molecule has 12 rings (SSSR count). The van der Waals surface area contributed by atoms with E-state index in [1.807, 2.05) is 112 Å². The summed E-state index contributed by atoms with van der Waals surface area (Å²) in [7, 11) is 0. The van der Waals surface area contributed by atoms with E-state index in [9.17, 15) is 24.3 Å². The van der Waals surface area contributed by atoms with E-state index in [2.05, 4.69) is 58.5 Å². The summed E-state index contributed by atoms with van der Waals surface area (Å²) >= 11 is 3.04. The second-order valence-electron chi connectivity index (χ2n) is 24.6. The minimum atomic E-state index is -0.852. The zero-order chi connectivity index (χ0) is 61.0. The molecule has 3 aliphatic heterocycles. The van der Waals surface area contributed by atoms with Crippen LogP contribution >= 0.6 is 22.7 Å². The number of para-hydroxylation sites is 1. The third-order valence-electron chi connectivity index (χ3n) is 18.3. The van der Waals surface area contributed by atoms with Gasteiger partial charge in [-0.05, 0) is 141 Å². The van der Waals surface area contributed by atoms with Crippen LogP contribution in [0.25, 0.3) is 31.8 Å². The smallest absolute Gasteiger partial charge is 0.270 e. The van der Waals surface area contributed by atoms with E-state index in [1.165, 1.54) is 48.3 Å². The summed E-state index contributed by atoms with van der Waals surface area (Å²) in [6.45, 7) is 15.0. The maximum atomic E-state index is 14.6. The highest BCUT2D eigenvalue weighted by molar-refractivity contribution is 7.22. The Hall–Kier alpha value is -7.85. The van der Waals surface area contributed by atoms with E-state index in [1.54, 1.807) is 17.4 Å². The molecule has 88 heavy (non-hydrogen) atoms. The predicted octanol–water partition coefficient (Wildman–Crippen LogP) is 10.8. The predicted molar refractivity (Wildman–Crippen MR) is 342 cm³/mol. The molecule has 1 saturated carbocycles. The molecule has 4 N–H and O–H groups in total. The Morgan fingerprint density at radius 2 is 1.67 bits per heavy atom. The molecule has 0 radical (unpaired) electrons. The minimum Gasteiger partial charge on any atom is -0.475 e. The van der Waals surface area contributed by atoms with Crippen molar-refractivity contribution in [3.05, 3.63) is 142 Å². The Labute approximate surface area is 521 Å². The van der Waals surface area contributed by atoms with Gasteiger partial charge in [-0.1, -0.05) is 93.0 Å². The Balaban J connectivity index is 0.654. The van der Waals surface area contributed by atoms with Gasteiger partial charge in [0, 0.05) is 74.1 Å². The number of rotatable bonds is 20. The highest BCUT2D eigenvalue weighted by Crippen LogP contribution is 2.37. The normalized spacial score (nSPS) is 18.4. The molecule has 3 fully saturated rings. The van der Waals surface area contributed by atoms with Gasteiger partial charge in [-0.15, -0.1) is 11.3 Å². The fraction of sp³-hybridized carbons (Fsp3) is 0.448. The quantitative estimate of drug-likeness (QED) is 0.0557. The summed E-state index contributed by atoms with van der Waals surface area (Å²) in [6, 6.07) is 26.3. The largest absolute Gasteiger partial charge is 0.475 e. The van der Waals surface area contributed by atoms with Gasteiger partial charge in [-0.3, -0.25) is 29.2 Å². The van der Waals surface area contributed by atoms with Crippen molar-refractivity contribution in [2.75, 3.05) is 56.1 Å². The number of aryl methyl sites for hydroxylation is 1. The van der Waals surface area contributed by atoms with Gasteiger partial charge in [0.15, 0.2) is 10.9 Å². The van der Waals surface area contributed by atoms with E-state index in [-0.39, 0.29) is 54.5 Å². The number of likely N-dealkylation sites (tertiary alicyclic amines) is 2. The van der Waals surface area contributed by atoms with Gasteiger partial charge in [-0.2, -0.15) is 5.10 Å². The molecule has 8 aromatic rings. The number of aliphatic hydroxyl groups excluding tert-OH is 1.